The molecule has 0 aromatic heterocycles. The van der Waals surface area contributed by atoms with Crippen molar-refractivity contribution in [2.75, 3.05) is 5.75 Å². The minimum atomic E-state index is -4.33. The van der Waals surface area contributed by atoms with Gasteiger partial charge in [-0.05, 0) is 19.1 Å². The summed E-state index contributed by atoms with van der Waals surface area (Å²) < 4.78 is 15.2. The molecule has 4 nitrogen and oxygen atoms in total. The molecule has 0 bridgehead atoms. The maximum Gasteiger partial charge on any atom is 0.470 e. The van der Waals surface area contributed by atoms with E-state index in [-0.39, 0.29) is 0 Å². The first kappa shape index (κ1) is 24.5. The predicted molar refractivity (Wildman–Crippen MR) is 105 cm³/mol. The number of rotatable bonds is 18. The molecule has 0 heterocycles. The zero-order valence-corrected chi connectivity index (χ0v) is 17.5. The average molecular weight is 383 g/mol. The highest BCUT2D eigenvalue weighted by molar-refractivity contribution is 7.99. The lowest BCUT2D eigenvalue weighted by Crippen LogP contribution is -2.02. The van der Waals surface area contributed by atoms with Crippen LogP contribution in [0.4, 0.5) is 0 Å². The summed E-state index contributed by atoms with van der Waals surface area (Å²) in [6, 6.07) is 0. The summed E-state index contributed by atoms with van der Waals surface area (Å²) in [7, 11) is -4.33. The van der Waals surface area contributed by atoms with Gasteiger partial charge in [-0.25, -0.2) is 4.57 Å². The van der Waals surface area contributed by atoms with Crippen LogP contribution < -0.4 is 0 Å². The molecule has 0 spiro atoms. The second-order valence-electron chi connectivity index (χ2n) is 6.63. The molecule has 0 amide bonds. The first-order valence-corrected chi connectivity index (χ1v) is 12.4. The summed E-state index contributed by atoms with van der Waals surface area (Å²) in [5, 5.41) is 0. The van der Waals surface area contributed by atoms with Crippen LogP contribution in [0.5, 0.6) is 0 Å². The van der Waals surface area contributed by atoms with E-state index in [0.29, 0.717) is 0 Å². The van der Waals surface area contributed by atoms with Gasteiger partial charge in [0.05, 0.1) is 0 Å². The minimum Gasteiger partial charge on any atom is -0.303 e. The molecule has 0 rings (SSSR count). The number of phosphoric acid groups is 1. The van der Waals surface area contributed by atoms with Gasteiger partial charge in [0.15, 0.2) is 0 Å². The second kappa shape index (κ2) is 16.9. The number of thioether (sulfide) groups is 1. The molecule has 1 unspecified atom stereocenters. The van der Waals surface area contributed by atoms with Crippen LogP contribution in [0.25, 0.3) is 0 Å². The average Bonchev–Trinajstić information content (AvgIpc) is 2.49. The van der Waals surface area contributed by atoms with E-state index in [1.807, 2.05) is 0 Å². The van der Waals surface area contributed by atoms with Crippen molar-refractivity contribution in [3.63, 3.8) is 0 Å². The molecule has 0 fully saturated rings. The largest absolute Gasteiger partial charge is 0.470 e. The van der Waals surface area contributed by atoms with Gasteiger partial charge in [-0.15, -0.1) is 11.8 Å². The smallest absolute Gasteiger partial charge is 0.303 e. The number of unbranched alkanes of at least 4 members (excludes halogenated alkanes) is 13. The van der Waals surface area contributed by atoms with Gasteiger partial charge in [-0.3, -0.25) is 4.52 Å². The van der Waals surface area contributed by atoms with E-state index < -0.39 is 13.3 Å². The fourth-order valence-electron chi connectivity index (χ4n) is 2.77. The van der Waals surface area contributed by atoms with Crippen molar-refractivity contribution in [3.8, 4) is 0 Å². The van der Waals surface area contributed by atoms with Crippen LogP contribution in [-0.2, 0) is 9.09 Å². The van der Waals surface area contributed by atoms with Gasteiger partial charge in [-0.2, -0.15) is 0 Å². The molecule has 0 aromatic rings. The molecule has 6 heteroatoms. The molecule has 0 saturated heterocycles. The Hall–Kier alpha value is 0.460. The monoisotopic (exact) mass is 382 g/mol. The normalized spacial score (nSPS) is 13.3. The minimum absolute atomic E-state index is 0.437. The van der Waals surface area contributed by atoms with Crippen molar-refractivity contribution in [1.29, 1.82) is 0 Å². The van der Waals surface area contributed by atoms with Crippen LogP contribution in [0.2, 0.25) is 0 Å². The van der Waals surface area contributed by atoms with Crippen molar-refractivity contribution in [2.45, 2.75) is 109 Å². The van der Waals surface area contributed by atoms with Crippen LogP contribution in [0.1, 0.15) is 104 Å². The third kappa shape index (κ3) is 20.5. The van der Waals surface area contributed by atoms with E-state index in [0.717, 1.165) is 12.2 Å². The number of hydrogen-bond donors (Lipinski definition) is 2. The zero-order valence-electron chi connectivity index (χ0n) is 15.8. The van der Waals surface area contributed by atoms with Crippen LogP contribution in [0.3, 0.4) is 0 Å². The maximum absolute atomic E-state index is 10.7. The molecule has 0 aliphatic heterocycles. The first-order valence-electron chi connectivity index (χ1n) is 9.81. The fraction of sp³-hybridized carbons (Fsp3) is 1.00. The lowest BCUT2D eigenvalue weighted by Gasteiger charge is -2.12. The summed E-state index contributed by atoms with van der Waals surface area (Å²) in [4.78, 5) is 17.4. The molecule has 0 aliphatic rings. The molecule has 1 atom stereocenters. The Kier molecular flexibility index (Phi) is 17.2. The van der Waals surface area contributed by atoms with Crippen molar-refractivity contribution in [3.05, 3.63) is 0 Å². The molecule has 146 valence electrons. The van der Waals surface area contributed by atoms with Crippen molar-refractivity contribution in [1.82, 2.24) is 0 Å². The Morgan fingerprint density at radius 2 is 1.17 bits per heavy atom. The van der Waals surface area contributed by atoms with E-state index >= 15 is 0 Å². The molecular weight excluding hydrogens is 343 g/mol. The van der Waals surface area contributed by atoms with Crippen molar-refractivity contribution >= 4 is 19.6 Å². The highest BCUT2D eigenvalue weighted by Crippen LogP contribution is 2.40. The Bertz CT molecular complexity index is 309. The first-order chi connectivity index (χ1) is 11.5. The van der Waals surface area contributed by atoms with E-state index in [9.17, 15) is 4.57 Å². The standard InChI is InChI=1S/C18H39O4PS/c1-3-4-5-6-7-8-9-10-11-12-13-14-15-16-17-24-18(2)22-23(19,20)21/h18H,3-17H2,1-2H3,(H2,19,20,21). The van der Waals surface area contributed by atoms with E-state index in [2.05, 4.69) is 11.4 Å². The number of phosphoric ester groups is 1. The van der Waals surface area contributed by atoms with E-state index in [1.165, 1.54) is 95.2 Å². The molecular formula is C18H39O4PS. The lowest BCUT2D eigenvalue weighted by molar-refractivity contribution is 0.191. The van der Waals surface area contributed by atoms with Gasteiger partial charge in [0.25, 0.3) is 0 Å². The fourth-order valence-corrected chi connectivity index (χ4v) is 4.44. The lowest BCUT2D eigenvalue weighted by atomic mass is 10.0. The van der Waals surface area contributed by atoms with Gasteiger partial charge in [0.1, 0.15) is 5.44 Å². The van der Waals surface area contributed by atoms with Gasteiger partial charge >= 0.3 is 7.82 Å². The predicted octanol–water partition coefficient (Wildman–Crippen LogP) is 6.66. The van der Waals surface area contributed by atoms with Gasteiger partial charge in [0.2, 0.25) is 0 Å². The summed E-state index contributed by atoms with van der Waals surface area (Å²) in [5.74, 6) is 0.902. The molecule has 24 heavy (non-hydrogen) atoms. The quantitative estimate of drug-likeness (QED) is 0.158. The molecule has 2 N–H and O–H groups in total. The Morgan fingerprint density at radius 1 is 0.792 bits per heavy atom. The van der Waals surface area contributed by atoms with Crippen LogP contribution in [0, 0.1) is 0 Å². The third-order valence-corrected chi connectivity index (χ3v) is 5.96. The molecule has 0 aromatic carbocycles. The number of hydrogen-bond acceptors (Lipinski definition) is 3. The molecule has 0 saturated carbocycles. The zero-order chi connectivity index (χ0) is 18.1. The van der Waals surface area contributed by atoms with Crippen molar-refractivity contribution < 1.29 is 18.9 Å². The summed E-state index contributed by atoms with van der Waals surface area (Å²) in [6.45, 7) is 3.95. The summed E-state index contributed by atoms with van der Waals surface area (Å²) in [5.41, 5.74) is -0.437. The van der Waals surface area contributed by atoms with Crippen LogP contribution in [-0.4, -0.2) is 21.0 Å². The Balaban J connectivity index is 3.14. The Morgan fingerprint density at radius 3 is 1.54 bits per heavy atom. The highest BCUT2D eigenvalue weighted by Gasteiger charge is 2.18. The second-order valence-corrected chi connectivity index (χ2v) is 9.23. The van der Waals surface area contributed by atoms with Gasteiger partial charge in [-0.1, -0.05) is 90.4 Å². The summed E-state index contributed by atoms with van der Waals surface area (Å²) in [6.07, 6.45) is 18.8. The topological polar surface area (TPSA) is 66.8 Å². The van der Waals surface area contributed by atoms with Gasteiger partial charge < -0.3 is 9.79 Å². The molecule has 0 radical (unpaired) electrons. The Labute approximate surface area is 153 Å². The van der Waals surface area contributed by atoms with Gasteiger partial charge in [0, 0.05) is 0 Å². The van der Waals surface area contributed by atoms with E-state index in [1.54, 1.807) is 6.92 Å². The molecule has 0 aliphatic carbocycles. The third-order valence-electron chi connectivity index (χ3n) is 4.14. The van der Waals surface area contributed by atoms with Crippen LogP contribution in [0.15, 0.2) is 0 Å². The van der Waals surface area contributed by atoms with E-state index in [4.69, 9.17) is 9.79 Å². The maximum atomic E-state index is 10.7. The van der Waals surface area contributed by atoms with Crippen LogP contribution >= 0.6 is 19.6 Å². The SMILES string of the molecule is CCCCCCCCCCCCCCCCSC(C)OP(=O)(O)O. The highest BCUT2D eigenvalue weighted by atomic mass is 32.2. The summed E-state index contributed by atoms with van der Waals surface area (Å²) >= 11 is 1.47. The van der Waals surface area contributed by atoms with Crippen molar-refractivity contribution in [2.24, 2.45) is 0 Å².